The molecule has 0 spiro atoms. The quantitative estimate of drug-likeness (QED) is 0.691. The molecule has 0 fully saturated rings. The highest BCUT2D eigenvalue weighted by molar-refractivity contribution is 7.37. The maximum Gasteiger partial charge on any atom is 0.389 e. The lowest BCUT2D eigenvalue weighted by molar-refractivity contribution is -0.141. The fraction of sp³-hybridized carbons (Fsp3) is 1.00. The van der Waals surface area contributed by atoms with Gasteiger partial charge in [0.2, 0.25) is 0 Å². The first-order chi connectivity index (χ1) is 4.81. The Bertz CT molecular complexity index is 145. The predicted molar refractivity (Wildman–Crippen MR) is 35.9 cm³/mol. The van der Waals surface area contributed by atoms with Gasteiger partial charge in [-0.15, -0.1) is 0 Å². The van der Waals surface area contributed by atoms with Gasteiger partial charge in [0.05, 0.1) is 0 Å². The van der Waals surface area contributed by atoms with Gasteiger partial charge < -0.3 is 4.89 Å². The standard InChI is InChI=1S/C5H10F3O2P/c1-4(3-11(9)10)2-5(6,7)8/h4,11H,2-3H2,1H3,(H,9,10). The second kappa shape index (κ2) is 4.12. The number of rotatable bonds is 3. The van der Waals surface area contributed by atoms with E-state index in [0.29, 0.717) is 0 Å². The molecule has 0 aromatic rings. The van der Waals surface area contributed by atoms with Crippen molar-refractivity contribution < 1.29 is 22.6 Å². The second-order valence-corrected chi connectivity index (χ2v) is 3.72. The Kier molecular flexibility index (Phi) is 4.11. The van der Waals surface area contributed by atoms with Crippen molar-refractivity contribution in [2.45, 2.75) is 19.5 Å². The summed E-state index contributed by atoms with van der Waals surface area (Å²) in [6, 6.07) is 0. The van der Waals surface area contributed by atoms with Crippen LogP contribution in [0.3, 0.4) is 0 Å². The van der Waals surface area contributed by atoms with Crippen LogP contribution >= 0.6 is 8.03 Å². The van der Waals surface area contributed by atoms with E-state index in [-0.39, 0.29) is 6.16 Å². The number of alkyl halides is 3. The van der Waals surface area contributed by atoms with Gasteiger partial charge in [0, 0.05) is 12.6 Å². The molecule has 0 aromatic heterocycles. The minimum absolute atomic E-state index is 0.246. The molecule has 0 aliphatic heterocycles. The molecule has 0 heterocycles. The molecule has 1 N–H and O–H groups in total. The van der Waals surface area contributed by atoms with E-state index in [2.05, 4.69) is 0 Å². The molecule has 0 rings (SSSR count). The molecule has 2 unspecified atom stereocenters. The summed E-state index contributed by atoms with van der Waals surface area (Å²) in [5.74, 6) is -0.758. The summed E-state index contributed by atoms with van der Waals surface area (Å²) in [7, 11) is -2.76. The van der Waals surface area contributed by atoms with E-state index in [0.717, 1.165) is 0 Å². The van der Waals surface area contributed by atoms with Crippen molar-refractivity contribution in [2.24, 2.45) is 5.92 Å². The van der Waals surface area contributed by atoms with Gasteiger partial charge in [-0.1, -0.05) is 6.92 Å². The summed E-state index contributed by atoms with van der Waals surface area (Å²) in [6.45, 7) is 1.31. The van der Waals surface area contributed by atoms with Crippen molar-refractivity contribution in [3.8, 4) is 0 Å². The first kappa shape index (κ1) is 11.0. The third-order valence-electron chi connectivity index (χ3n) is 1.10. The van der Waals surface area contributed by atoms with Crippen LogP contribution in [0.5, 0.6) is 0 Å². The van der Waals surface area contributed by atoms with Gasteiger partial charge in [0.15, 0.2) is 8.03 Å². The van der Waals surface area contributed by atoms with Gasteiger partial charge in [-0.25, -0.2) is 0 Å². The molecule has 0 aliphatic rings. The Balaban J connectivity index is 3.69. The van der Waals surface area contributed by atoms with Crippen LogP contribution in [-0.2, 0) is 4.57 Å². The van der Waals surface area contributed by atoms with E-state index < -0.39 is 26.5 Å². The van der Waals surface area contributed by atoms with Gasteiger partial charge in [-0.2, -0.15) is 13.2 Å². The third-order valence-corrected chi connectivity index (χ3v) is 2.15. The molecule has 0 saturated carbocycles. The molecule has 0 radical (unpaired) electrons. The number of halogens is 3. The maximum atomic E-state index is 11.6. The smallest absolute Gasteiger partial charge is 0.346 e. The zero-order valence-corrected chi connectivity index (χ0v) is 6.98. The first-order valence-corrected chi connectivity index (χ1v) is 4.66. The molecule has 0 saturated heterocycles. The highest BCUT2D eigenvalue weighted by Crippen LogP contribution is 2.28. The van der Waals surface area contributed by atoms with Crippen molar-refractivity contribution in [1.29, 1.82) is 0 Å². The van der Waals surface area contributed by atoms with E-state index in [1.54, 1.807) is 0 Å². The molecule has 0 aromatic carbocycles. The van der Waals surface area contributed by atoms with E-state index >= 15 is 0 Å². The molecule has 2 atom stereocenters. The van der Waals surface area contributed by atoms with Gasteiger partial charge in [-0.3, -0.25) is 4.57 Å². The molecular formula is C5H10F3O2P. The fourth-order valence-electron chi connectivity index (χ4n) is 0.765. The summed E-state index contributed by atoms with van der Waals surface area (Å²) >= 11 is 0. The average molecular weight is 190 g/mol. The molecule has 68 valence electrons. The van der Waals surface area contributed by atoms with Gasteiger partial charge in [-0.05, 0) is 5.92 Å². The maximum absolute atomic E-state index is 11.6. The molecule has 0 aliphatic carbocycles. The van der Waals surface area contributed by atoms with Crippen LogP contribution in [0.1, 0.15) is 13.3 Å². The molecule has 6 heteroatoms. The molecular weight excluding hydrogens is 180 g/mol. The Morgan fingerprint density at radius 3 is 2.27 bits per heavy atom. The minimum atomic E-state index is -4.23. The Morgan fingerprint density at radius 1 is 1.55 bits per heavy atom. The lowest BCUT2D eigenvalue weighted by Gasteiger charge is -2.11. The van der Waals surface area contributed by atoms with Crippen LogP contribution in [-0.4, -0.2) is 17.2 Å². The fourth-order valence-corrected chi connectivity index (χ4v) is 1.51. The van der Waals surface area contributed by atoms with Crippen molar-refractivity contribution >= 4 is 8.03 Å². The third kappa shape index (κ3) is 7.88. The van der Waals surface area contributed by atoms with Crippen molar-refractivity contribution in [3.63, 3.8) is 0 Å². The first-order valence-electron chi connectivity index (χ1n) is 3.10. The van der Waals surface area contributed by atoms with Crippen LogP contribution in [0.4, 0.5) is 13.2 Å². The van der Waals surface area contributed by atoms with E-state index in [4.69, 9.17) is 4.89 Å². The monoisotopic (exact) mass is 190 g/mol. The minimum Gasteiger partial charge on any atom is -0.346 e. The summed E-state index contributed by atoms with van der Waals surface area (Å²) in [6.07, 6.45) is -5.45. The second-order valence-electron chi connectivity index (χ2n) is 2.52. The Morgan fingerprint density at radius 2 is 2.00 bits per heavy atom. The van der Waals surface area contributed by atoms with Crippen molar-refractivity contribution in [3.05, 3.63) is 0 Å². The highest BCUT2D eigenvalue weighted by atomic mass is 31.1. The highest BCUT2D eigenvalue weighted by Gasteiger charge is 2.30. The summed E-state index contributed by atoms with van der Waals surface area (Å²) in [5.41, 5.74) is 0. The lowest BCUT2D eigenvalue weighted by Crippen LogP contribution is -2.14. The van der Waals surface area contributed by atoms with Crippen molar-refractivity contribution in [2.75, 3.05) is 6.16 Å². The van der Waals surface area contributed by atoms with Gasteiger partial charge >= 0.3 is 6.18 Å². The van der Waals surface area contributed by atoms with Crippen LogP contribution < -0.4 is 0 Å². The Hall–Kier alpha value is -0.0200. The summed E-state index contributed by atoms with van der Waals surface area (Å²) in [4.78, 5) is 8.30. The topological polar surface area (TPSA) is 37.3 Å². The van der Waals surface area contributed by atoms with Crippen LogP contribution in [0.15, 0.2) is 0 Å². The molecule has 0 amide bonds. The van der Waals surface area contributed by atoms with Gasteiger partial charge in [0.25, 0.3) is 0 Å². The van der Waals surface area contributed by atoms with E-state index in [1.807, 2.05) is 0 Å². The largest absolute Gasteiger partial charge is 0.389 e. The van der Waals surface area contributed by atoms with E-state index in [1.165, 1.54) is 6.92 Å². The number of hydrogen-bond acceptors (Lipinski definition) is 1. The summed E-state index contributed by atoms with van der Waals surface area (Å²) in [5, 5.41) is 0. The molecule has 2 nitrogen and oxygen atoms in total. The molecule has 0 bridgehead atoms. The lowest BCUT2D eigenvalue weighted by atomic mass is 10.1. The van der Waals surface area contributed by atoms with Crippen molar-refractivity contribution in [1.82, 2.24) is 0 Å². The zero-order valence-electron chi connectivity index (χ0n) is 5.98. The molecule has 11 heavy (non-hydrogen) atoms. The van der Waals surface area contributed by atoms with Crippen LogP contribution in [0, 0.1) is 5.92 Å². The van der Waals surface area contributed by atoms with Gasteiger partial charge in [0.1, 0.15) is 0 Å². The van der Waals surface area contributed by atoms with Crippen LogP contribution in [0.2, 0.25) is 0 Å². The summed E-state index contributed by atoms with van der Waals surface area (Å²) < 4.78 is 44.9. The Labute approximate surface area is 63.3 Å². The van der Waals surface area contributed by atoms with E-state index in [9.17, 15) is 17.7 Å². The zero-order chi connectivity index (χ0) is 9.07. The van der Waals surface area contributed by atoms with Crippen LogP contribution in [0.25, 0.3) is 0 Å². The number of hydrogen-bond donors (Lipinski definition) is 1. The average Bonchev–Trinajstić information content (AvgIpc) is 1.53. The SMILES string of the molecule is CC(C[PH](=O)O)CC(F)(F)F. The normalized spacial score (nSPS) is 17.9. The predicted octanol–water partition coefficient (Wildman–Crippen LogP) is 2.04.